The van der Waals surface area contributed by atoms with Gasteiger partial charge in [0.25, 0.3) is 0 Å². The number of nitrogens with zero attached hydrogens (tertiary/aromatic N) is 5. The molecular weight excluding hydrogens is 410 g/mol. The minimum absolute atomic E-state index is 0.0586. The topological polar surface area (TPSA) is 105 Å². The average Bonchev–Trinajstić information content (AvgIpc) is 3.15. The van der Waals surface area contributed by atoms with Crippen molar-refractivity contribution in [2.24, 2.45) is 21.7 Å². The Morgan fingerprint density at radius 2 is 1.81 bits per heavy atom. The standard InChI is InChI=1S/C22H33N7OS/c1-16-20(17(2)26-27-22(23)24)31-21(25-16)18-6-8-19(9-7-18)30-15-5-4-10-29-13-11-28(3)12-14-29/h6-9H,4-5,10-15H2,1-3H3,(H4,23,24,27)/b26-17+. The van der Waals surface area contributed by atoms with Gasteiger partial charge in [0.15, 0.2) is 0 Å². The van der Waals surface area contributed by atoms with Gasteiger partial charge in [0, 0.05) is 31.7 Å². The summed E-state index contributed by atoms with van der Waals surface area (Å²) < 4.78 is 5.92. The van der Waals surface area contributed by atoms with Gasteiger partial charge in [-0.3, -0.25) is 0 Å². The Labute approximate surface area is 188 Å². The molecule has 31 heavy (non-hydrogen) atoms. The number of ether oxygens (including phenoxy) is 1. The number of hydrogen-bond donors (Lipinski definition) is 2. The maximum atomic E-state index is 5.92. The van der Waals surface area contributed by atoms with Crippen molar-refractivity contribution in [1.29, 1.82) is 0 Å². The third-order valence-corrected chi connectivity index (χ3v) is 6.59. The van der Waals surface area contributed by atoms with E-state index in [1.54, 1.807) is 11.3 Å². The molecule has 1 saturated heterocycles. The molecule has 1 aliphatic heterocycles. The molecule has 1 fully saturated rings. The minimum Gasteiger partial charge on any atom is -0.494 e. The smallest absolute Gasteiger partial charge is 0.211 e. The second-order valence-electron chi connectivity index (χ2n) is 7.87. The fraction of sp³-hybridized carbons (Fsp3) is 0.500. The van der Waals surface area contributed by atoms with Crippen molar-refractivity contribution in [3.8, 4) is 16.3 Å². The molecule has 4 N–H and O–H groups in total. The third kappa shape index (κ3) is 7.02. The number of hydrogen-bond acceptors (Lipinski definition) is 7. The number of benzene rings is 1. The van der Waals surface area contributed by atoms with Crippen molar-refractivity contribution in [2.75, 3.05) is 46.4 Å². The molecule has 0 atom stereocenters. The first-order valence-electron chi connectivity index (χ1n) is 10.7. The van der Waals surface area contributed by atoms with Crippen LogP contribution in [0.15, 0.2) is 34.5 Å². The quantitative estimate of drug-likeness (QED) is 0.267. The van der Waals surface area contributed by atoms with E-state index in [1.165, 1.54) is 32.6 Å². The Kier molecular flexibility index (Phi) is 8.39. The monoisotopic (exact) mass is 443 g/mol. The van der Waals surface area contributed by atoms with Gasteiger partial charge in [-0.2, -0.15) is 5.10 Å². The molecule has 8 nitrogen and oxygen atoms in total. The number of piperazine rings is 1. The van der Waals surface area contributed by atoms with Crippen molar-refractivity contribution in [2.45, 2.75) is 26.7 Å². The normalized spacial score (nSPS) is 15.8. The van der Waals surface area contributed by atoms with Gasteiger partial charge in [0.2, 0.25) is 5.96 Å². The first kappa shape index (κ1) is 23.2. The van der Waals surface area contributed by atoms with Crippen LogP contribution in [-0.2, 0) is 0 Å². The van der Waals surface area contributed by atoms with Crippen LogP contribution in [-0.4, -0.2) is 72.8 Å². The molecule has 1 aromatic carbocycles. The predicted molar refractivity (Wildman–Crippen MR) is 129 cm³/mol. The Bertz CT molecular complexity index is 895. The van der Waals surface area contributed by atoms with E-state index in [9.17, 15) is 0 Å². The summed E-state index contributed by atoms with van der Waals surface area (Å²) in [6.45, 7) is 10.4. The molecular formula is C22H33N7OS. The van der Waals surface area contributed by atoms with Crippen molar-refractivity contribution in [3.05, 3.63) is 34.8 Å². The largest absolute Gasteiger partial charge is 0.494 e. The van der Waals surface area contributed by atoms with Gasteiger partial charge in [-0.05, 0) is 64.5 Å². The van der Waals surface area contributed by atoms with Crippen molar-refractivity contribution < 1.29 is 4.74 Å². The molecule has 0 saturated carbocycles. The zero-order valence-corrected chi connectivity index (χ0v) is 19.5. The number of likely N-dealkylation sites (N-methyl/N-ethyl adjacent to an activating group) is 1. The van der Waals surface area contributed by atoms with Crippen molar-refractivity contribution in [3.63, 3.8) is 0 Å². The zero-order valence-electron chi connectivity index (χ0n) is 18.7. The maximum absolute atomic E-state index is 5.92. The van der Waals surface area contributed by atoms with Gasteiger partial charge in [0.1, 0.15) is 10.8 Å². The fourth-order valence-electron chi connectivity index (χ4n) is 3.43. The molecule has 0 amide bonds. The van der Waals surface area contributed by atoms with Gasteiger partial charge >= 0.3 is 0 Å². The van der Waals surface area contributed by atoms with E-state index in [0.717, 1.165) is 52.2 Å². The molecule has 0 bridgehead atoms. The van der Waals surface area contributed by atoms with E-state index < -0.39 is 0 Å². The number of guanidine groups is 1. The van der Waals surface area contributed by atoms with Crippen LogP contribution in [0.3, 0.4) is 0 Å². The van der Waals surface area contributed by atoms with Gasteiger partial charge in [-0.15, -0.1) is 16.4 Å². The number of aryl methyl sites for hydroxylation is 1. The summed E-state index contributed by atoms with van der Waals surface area (Å²) in [5.74, 6) is 0.832. The Morgan fingerprint density at radius 3 is 2.48 bits per heavy atom. The van der Waals surface area contributed by atoms with E-state index in [1.807, 2.05) is 38.1 Å². The van der Waals surface area contributed by atoms with Crippen molar-refractivity contribution >= 4 is 23.0 Å². The maximum Gasteiger partial charge on any atom is 0.211 e. The first-order chi connectivity index (χ1) is 14.9. The number of rotatable bonds is 9. The number of aromatic nitrogens is 1. The second-order valence-corrected chi connectivity index (χ2v) is 8.87. The van der Waals surface area contributed by atoms with Crippen LogP contribution in [0.5, 0.6) is 5.75 Å². The van der Waals surface area contributed by atoms with Gasteiger partial charge in [-0.1, -0.05) is 0 Å². The van der Waals surface area contributed by atoms with Crippen LogP contribution in [0, 0.1) is 6.92 Å². The highest BCUT2D eigenvalue weighted by Gasteiger charge is 2.13. The van der Waals surface area contributed by atoms with Crippen LogP contribution in [0.25, 0.3) is 10.6 Å². The fourth-order valence-corrected chi connectivity index (χ4v) is 4.44. The summed E-state index contributed by atoms with van der Waals surface area (Å²) in [6.07, 6.45) is 2.24. The van der Waals surface area contributed by atoms with Crippen molar-refractivity contribution in [1.82, 2.24) is 14.8 Å². The lowest BCUT2D eigenvalue weighted by molar-refractivity contribution is 0.150. The van der Waals surface area contributed by atoms with Crippen LogP contribution in [0.2, 0.25) is 0 Å². The van der Waals surface area contributed by atoms with Gasteiger partial charge in [0.05, 0.1) is 22.9 Å². The molecule has 0 spiro atoms. The predicted octanol–water partition coefficient (Wildman–Crippen LogP) is 2.52. The number of unbranched alkanes of at least 4 members (excludes halogenated alkanes) is 1. The highest BCUT2D eigenvalue weighted by Crippen LogP contribution is 2.29. The summed E-state index contributed by atoms with van der Waals surface area (Å²) in [5.41, 5.74) is 13.4. The summed E-state index contributed by atoms with van der Waals surface area (Å²) in [5, 5.41) is 8.72. The SMILES string of the molecule is C/C(=N\N=C(N)N)c1sc(-c2ccc(OCCCCN3CCN(C)CC3)cc2)nc1C. The number of thiazole rings is 1. The highest BCUT2D eigenvalue weighted by molar-refractivity contribution is 7.17. The molecule has 2 heterocycles. The van der Waals surface area contributed by atoms with Crippen LogP contribution >= 0.6 is 11.3 Å². The lowest BCUT2D eigenvalue weighted by Crippen LogP contribution is -2.44. The minimum atomic E-state index is -0.0586. The Hall–Kier alpha value is -2.49. The van der Waals surface area contributed by atoms with E-state index in [0.29, 0.717) is 0 Å². The lowest BCUT2D eigenvalue weighted by Gasteiger charge is -2.32. The molecule has 168 valence electrons. The van der Waals surface area contributed by atoms with Gasteiger partial charge in [-0.25, -0.2) is 4.98 Å². The molecule has 0 aliphatic carbocycles. The van der Waals surface area contributed by atoms with E-state index in [2.05, 4.69) is 32.0 Å². The lowest BCUT2D eigenvalue weighted by atomic mass is 10.2. The van der Waals surface area contributed by atoms with Gasteiger partial charge < -0.3 is 26.0 Å². The Balaban J connectivity index is 1.47. The molecule has 1 aromatic heterocycles. The highest BCUT2D eigenvalue weighted by atomic mass is 32.1. The molecule has 1 aliphatic rings. The zero-order chi connectivity index (χ0) is 22.2. The number of nitrogens with two attached hydrogens (primary N) is 2. The van der Waals surface area contributed by atoms with Crippen LogP contribution < -0.4 is 16.2 Å². The first-order valence-corrected chi connectivity index (χ1v) is 11.5. The van der Waals surface area contributed by atoms with E-state index in [-0.39, 0.29) is 5.96 Å². The Morgan fingerprint density at radius 1 is 1.10 bits per heavy atom. The summed E-state index contributed by atoms with van der Waals surface area (Å²) in [7, 11) is 2.19. The molecule has 9 heteroatoms. The molecule has 3 rings (SSSR count). The third-order valence-electron chi connectivity index (χ3n) is 5.28. The van der Waals surface area contributed by atoms with Crippen LogP contribution in [0.1, 0.15) is 30.3 Å². The summed E-state index contributed by atoms with van der Waals surface area (Å²) >= 11 is 1.58. The van der Waals surface area contributed by atoms with E-state index >= 15 is 0 Å². The van der Waals surface area contributed by atoms with E-state index in [4.69, 9.17) is 16.2 Å². The molecule has 0 radical (unpaired) electrons. The summed E-state index contributed by atoms with van der Waals surface area (Å²) in [6, 6.07) is 8.10. The molecule has 2 aromatic rings. The second kappa shape index (κ2) is 11.2. The molecule has 0 unspecified atom stereocenters. The van der Waals surface area contributed by atoms with Crippen LogP contribution in [0.4, 0.5) is 0 Å². The summed E-state index contributed by atoms with van der Waals surface area (Å²) in [4.78, 5) is 10.6. The average molecular weight is 444 g/mol.